The number of aryl methyl sites for hydroxylation is 1. The van der Waals surface area contributed by atoms with Crippen LogP contribution in [0.1, 0.15) is 16.7 Å². The van der Waals surface area contributed by atoms with E-state index in [0.717, 1.165) is 23.3 Å². The van der Waals surface area contributed by atoms with Gasteiger partial charge in [0.1, 0.15) is 12.7 Å². The van der Waals surface area contributed by atoms with E-state index in [-0.39, 0.29) is 12.2 Å². The fraction of sp³-hybridized carbons (Fsp3) is 0.250. The molecular formula is C20H20F3N5O. The van der Waals surface area contributed by atoms with Gasteiger partial charge in [0.05, 0.1) is 23.5 Å². The highest BCUT2D eigenvalue weighted by atomic mass is 19.4. The van der Waals surface area contributed by atoms with Crippen molar-refractivity contribution in [3.05, 3.63) is 71.8 Å². The van der Waals surface area contributed by atoms with Crippen LogP contribution in [0.3, 0.4) is 0 Å². The lowest BCUT2D eigenvalue weighted by Crippen LogP contribution is -2.30. The molecule has 0 fully saturated rings. The summed E-state index contributed by atoms with van der Waals surface area (Å²) >= 11 is 0. The molecule has 0 aliphatic rings. The van der Waals surface area contributed by atoms with Crippen molar-refractivity contribution in [3.63, 3.8) is 0 Å². The first-order valence-electron chi connectivity index (χ1n) is 8.82. The molecule has 1 amide bonds. The van der Waals surface area contributed by atoms with E-state index in [2.05, 4.69) is 15.4 Å². The van der Waals surface area contributed by atoms with Crippen LogP contribution < -0.4 is 5.32 Å². The smallest absolute Gasteiger partial charge is 0.323 e. The predicted octanol–water partition coefficient (Wildman–Crippen LogP) is 3.67. The Morgan fingerprint density at radius 3 is 2.52 bits per heavy atom. The van der Waals surface area contributed by atoms with Gasteiger partial charge in [-0.1, -0.05) is 29.8 Å². The highest BCUT2D eigenvalue weighted by Gasteiger charge is 2.31. The molecule has 0 unspecified atom stereocenters. The molecule has 0 spiro atoms. The van der Waals surface area contributed by atoms with Crippen molar-refractivity contribution in [3.8, 4) is 5.69 Å². The highest BCUT2D eigenvalue weighted by molar-refractivity contribution is 5.94. The molecular weight excluding hydrogens is 383 g/mol. The van der Waals surface area contributed by atoms with Crippen molar-refractivity contribution in [1.82, 2.24) is 19.7 Å². The van der Waals surface area contributed by atoms with Gasteiger partial charge in [-0.2, -0.15) is 18.3 Å². The number of hydrogen-bond donors (Lipinski definition) is 1. The number of amides is 1. The summed E-state index contributed by atoms with van der Waals surface area (Å²) in [5.74, 6) is -0.430. The van der Waals surface area contributed by atoms with E-state index in [4.69, 9.17) is 0 Å². The molecule has 0 atom stereocenters. The lowest BCUT2D eigenvalue weighted by Gasteiger charge is -2.18. The molecule has 0 aliphatic carbocycles. The number of anilines is 1. The van der Waals surface area contributed by atoms with Gasteiger partial charge in [-0.25, -0.2) is 9.67 Å². The second-order valence-corrected chi connectivity index (χ2v) is 6.78. The number of aromatic nitrogens is 3. The minimum Gasteiger partial charge on any atom is -0.323 e. The largest absolute Gasteiger partial charge is 0.416 e. The Hall–Kier alpha value is -3.20. The van der Waals surface area contributed by atoms with E-state index in [1.54, 1.807) is 11.9 Å². The van der Waals surface area contributed by atoms with E-state index in [0.29, 0.717) is 12.2 Å². The number of nitrogens with one attached hydrogen (secondary N) is 1. The molecule has 9 heteroatoms. The first-order valence-corrected chi connectivity index (χ1v) is 8.82. The van der Waals surface area contributed by atoms with Crippen LogP contribution in [-0.2, 0) is 17.5 Å². The molecule has 1 aromatic heterocycles. The molecule has 0 aliphatic heterocycles. The zero-order valence-corrected chi connectivity index (χ0v) is 15.9. The molecule has 2 aromatic carbocycles. The second-order valence-electron chi connectivity index (χ2n) is 6.78. The Balaban J connectivity index is 1.75. The molecule has 0 saturated carbocycles. The summed E-state index contributed by atoms with van der Waals surface area (Å²) in [5, 5.41) is 6.50. The third-order valence-corrected chi connectivity index (χ3v) is 4.25. The van der Waals surface area contributed by atoms with Crippen molar-refractivity contribution in [2.75, 3.05) is 18.9 Å². The summed E-state index contributed by atoms with van der Waals surface area (Å²) in [6, 6.07) is 11.0. The Morgan fingerprint density at radius 1 is 1.17 bits per heavy atom. The molecule has 0 saturated heterocycles. The average Bonchev–Trinajstić information content (AvgIpc) is 3.17. The Kier molecular flexibility index (Phi) is 5.97. The summed E-state index contributed by atoms with van der Waals surface area (Å²) in [6.45, 7) is 2.54. The van der Waals surface area contributed by atoms with Crippen LogP contribution in [0.4, 0.5) is 18.9 Å². The first kappa shape index (κ1) is 20.5. The number of carbonyl (C=O) groups is 1. The topological polar surface area (TPSA) is 63.1 Å². The van der Waals surface area contributed by atoms with Gasteiger partial charge in [-0.05, 0) is 37.7 Å². The third-order valence-electron chi connectivity index (χ3n) is 4.25. The highest BCUT2D eigenvalue weighted by Crippen LogP contribution is 2.33. The summed E-state index contributed by atoms with van der Waals surface area (Å²) in [6.07, 6.45) is -1.91. The number of benzene rings is 2. The zero-order valence-electron chi connectivity index (χ0n) is 15.9. The number of alkyl halides is 3. The quantitative estimate of drug-likeness (QED) is 0.682. The molecule has 3 rings (SSSR count). The summed E-state index contributed by atoms with van der Waals surface area (Å²) in [7, 11) is 1.77. The van der Waals surface area contributed by atoms with E-state index in [1.165, 1.54) is 23.4 Å². The van der Waals surface area contributed by atoms with E-state index < -0.39 is 17.6 Å². The third kappa shape index (κ3) is 5.41. The lowest BCUT2D eigenvalue weighted by molar-refractivity contribution is -0.137. The van der Waals surface area contributed by atoms with Crippen LogP contribution >= 0.6 is 0 Å². The van der Waals surface area contributed by atoms with Crippen molar-refractivity contribution >= 4 is 11.6 Å². The number of hydrogen-bond acceptors (Lipinski definition) is 4. The minimum absolute atomic E-state index is 0.0130. The molecule has 1 N–H and O–H groups in total. The van der Waals surface area contributed by atoms with Gasteiger partial charge in [-0.15, -0.1) is 0 Å². The van der Waals surface area contributed by atoms with E-state index >= 15 is 0 Å². The van der Waals surface area contributed by atoms with Gasteiger partial charge in [0, 0.05) is 6.54 Å². The second kappa shape index (κ2) is 8.44. The monoisotopic (exact) mass is 403 g/mol. The molecule has 0 radical (unpaired) electrons. The van der Waals surface area contributed by atoms with Crippen LogP contribution in [0.25, 0.3) is 5.69 Å². The van der Waals surface area contributed by atoms with Crippen LogP contribution in [-0.4, -0.2) is 39.2 Å². The SMILES string of the molecule is Cc1ccc(CN(C)CC(=O)Nc2cc(C(F)(F)F)ccc2-n2cncn2)cc1. The number of nitrogens with zero attached hydrogens (tertiary/aromatic N) is 4. The Bertz CT molecular complexity index is 969. The van der Waals surface area contributed by atoms with Gasteiger partial charge >= 0.3 is 6.18 Å². The maximum Gasteiger partial charge on any atom is 0.416 e. The van der Waals surface area contributed by atoms with Crippen LogP contribution in [0.5, 0.6) is 0 Å². The maximum absolute atomic E-state index is 13.1. The Morgan fingerprint density at radius 2 is 1.90 bits per heavy atom. The van der Waals surface area contributed by atoms with Crippen molar-refractivity contribution in [2.45, 2.75) is 19.6 Å². The van der Waals surface area contributed by atoms with Gasteiger partial charge in [0.2, 0.25) is 5.91 Å². The number of likely N-dealkylation sites (N-methyl/N-ethyl adjacent to an activating group) is 1. The molecule has 29 heavy (non-hydrogen) atoms. The molecule has 152 valence electrons. The summed E-state index contributed by atoms with van der Waals surface area (Å²) < 4.78 is 40.6. The Labute approximate surface area is 166 Å². The zero-order chi connectivity index (χ0) is 21.0. The summed E-state index contributed by atoms with van der Waals surface area (Å²) in [4.78, 5) is 18.1. The van der Waals surface area contributed by atoms with Crippen LogP contribution in [0.2, 0.25) is 0 Å². The first-order chi connectivity index (χ1) is 13.7. The fourth-order valence-corrected chi connectivity index (χ4v) is 2.84. The maximum atomic E-state index is 13.1. The van der Waals surface area contributed by atoms with Crippen LogP contribution in [0.15, 0.2) is 55.1 Å². The standard InChI is InChI=1S/C20H20F3N5O/c1-14-3-5-15(6-4-14)10-27(2)11-19(29)26-17-9-16(20(21,22)23)7-8-18(17)28-13-24-12-25-28/h3-9,12-13H,10-11H2,1-2H3,(H,26,29). The fourth-order valence-electron chi connectivity index (χ4n) is 2.84. The number of halogens is 3. The van der Waals surface area contributed by atoms with Crippen LogP contribution in [0, 0.1) is 6.92 Å². The molecule has 6 nitrogen and oxygen atoms in total. The molecule has 3 aromatic rings. The average molecular weight is 403 g/mol. The predicted molar refractivity (Wildman–Crippen MR) is 103 cm³/mol. The van der Waals surface area contributed by atoms with E-state index in [9.17, 15) is 18.0 Å². The lowest BCUT2D eigenvalue weighted by atomic mass is 10.1. The summed E-state index contributed by atoms with van der Waals surface area (Å²) in [5.41, 5.74) is 1.63. The van der Waals surface area contributed by atoms with Gasteiger partial charge in [-0.3, -0.25) is 9.69 Å². The molecule has 0 bridgehead atoms. The van der Waals surface area contributed by atoms with E-state index in [1.807, 2.05) is 31.2 Å². The minimum atomic E-state index is -4.53. The van der Waals surface area contributed by atoms with Crippen molar-refractivity contribution in [2.24, 2.45) is 0 Å². The van der Waals surface area contributed by atoms with Gasteiger partial charge < -0.3 is 5.32 Å². The van der Waals surface area contributed by atoms with Gasteiger partial charge in [0.15, 0.2) is 0 Å². The number of rotatable bonds is 6. The van der Waals surface area contributed by atoms with Gasteiger partial charge in [0.25, 0.3) is 0 Å². The molecule has 1 heterocycles. The van der Waals surface area contributed by atoms with Crippen molar-refractivity contribution < 1.29 is 18.0 Å². The van der Waals surface area contributed by atoms with Crippen molar-refractivity contribution in [1.29, 1.82) is 0 Å². The number of carbonyl (C=O) groups excluding carboxylic acids is 1. The normalized spacial score (nSPS) is 11.7.